The SMILES string of the molecule is CCCCCC(C)NC(=O)c1ccc(NCC)cc1C. The summed E-state index contributed by atoms with van der Waals surface area (Å²) in [7, 11) is 0. The fourth-order valence-corrected chi connectivity index (χ4v) is 2.31. The van der Waals surface area contributed by atoms with E-state index in [0.29, 0.717) is 0 Å². The topological polar surface area (TPSA) is 41.1 Å². The van der Waals surface area contributed by atoms with Gasteiger partial charge in [-0.3, -0.25) is 4.79 Å². The zero-order chi connectivity index (χ0) is 15.0. The number of rotatable bonds is 8. The average Bonchev–Trinajstić information content (AvgIpc) is 2.39. The highest BCUT2D eigenvalue weighted by Gasteiger charge is 2.12. The summed E-state index contributed by atoms with van der Waals surface area (Å²) >= 11 is 0. The predicted molar refractivity (Wildman–Crippen MR) is 86.4 cm³/mol. The van der Waals surface area contributed by atoms with Gasteiger partial charge in [-0.25, -0.2) is 0 Å². The van der Waals surface area contributed by atoms with Crippen LogP contribution in [0.25, 0.3) is 0 Å². The van der Waals surface area contributed by atoms with Crippen molar-refractivity contribution in [2.45, 2.75) is 59.4 Å². The molecule has 1 amide bonds. The number of hydrogen-bond donors (Lipinski definition) is 2. The van der Waals surface area contributed by atoms with E-state index in [-0.39, 0.29) is 11.9 Å². The first-order valence-corrected chi connectivity index (χ1v) is 7.73. The number of carbonyl (C=O) groups is 1. The fraction of sp³-hybridized carbons (Fsp3) is 0.588. The van der Waals surface area contributed by atoms with Crippen molar-refractivity contribution in [3.8, 4) is 0 Å². The van der Waals surface area contributed by atoms with Crippen molar-refractivity contribution in [2.24, 2.45) is 0 Å². The molecule has 1 unspecified atom stereocenters. The Kier molecular flexibility index (Phi) is 7.13. The third-order valence-electron chi connectivity index (χ3n) is 3.47. The predicted octanol–water partition coefficient (Wildman–Crippen LogP) is 4.13. The minimum absolute atomic E-state index is 0.0366. The molecule has 0 heterocycles. The molecule has 0 spiro atoms. The van der Waals surface area contributed by atoms with Gasteiger partial charge in [-0.05, 0) is 51.0 Å². The Morgan fingerprint density at radius 1 is 1.25 bits per heavy atom. The van der Waals surface area contributed by atoms with Gasteiger partial charge in [-0.2, -0.15) is 0 Å². The quantitative estimate of drug-likeness (QED) is 0.701. The van der Waals surface area contributed by atoms with E-state index in [1.165, 1.54) is 19.3 Å². The molecule has 3 heteroatoms. The van der Waals surface area contributed by atoms with Crippen LogP contribution in [0.3, 0.4) is 0 Å². The molecule has 0 aliphatic rings. The standard InChI is InChI=1S/C17H28N2O/c1-5-7-8-9-14(4)19-17(20)16-11-10-15(18-6-2)12-13(16)3/h10-12,14,18H,5-9H2,1-4H3,(H,19,20). The molecule has 0 bridgehead atoms. The van der Waals surface area contributed by atoms with Crippen LogP contribution in [0.1, 0.15) is 62.4 Å². The van der Waals surface area contributed by atoms with Gasteiger partial charge < -0.3 is 10.6 Å². The van der Waals surface area contributed by atoms with Gasteiger partial charge in [0.15, 0.2) is 0 Å². The minimum atomic E-state index is 0.0366. The zero-order valence-corrected chi connectivity index (χ0v) is 13.3. The average molecular weight is 276 g/mol. The number of anilines is 1. The van der Waals surface area contributed by atoms with Crippen LogP contribution >= 0.6 is 0 Å². The van der Waals surface area contributed by atoms with Crippen LogP contribution in [0.5, 0.6) is 0 Å². The Balaban J connectivity index is 2.58. The molecule has 0 radical (unpaired) electrons. The molecule has 0 saturated carbocycles. The summed E-state index contributed by atoms with van der Waals surface area (Å²) in [5.41, 5.74) is 2.85. The van der Waals surface area contributed by atoms with Crippen LogP contribution in [0.2, 0.25) is 0 Å². The lowest BCUT2D eigenvalue weighted by Crippen LogP contribution is -2.32. The van der Waals surface area contributed by atoms with Crippen molar-refractivity contribution in [1.29, 1.82) is 0 Å². The van der Waals surface area contributed by atoms with Crippen molar-refractivity contribution in [3.63, 3.8) is 0 Å². The molecular weight excluding hydrogens is 248 g/mol. The molecule has 3 nitrogen and oxygen atoms in total. The Morgan fingerprint density at radius 2 is 2.00 bits per heavy atom. The van der Waals surface area contributed by atoms with Gasteiger partial charge in [0.1, 0.15) is 0 Å². The summed E-state index contributed by atoms with van der Waals surface area (Å²) in [4.78, 5) is 12.2. The Hall–Kier alpha value is -1.51. The van der Waals surface area contributed by atoms with Crippen molar-refractivity contribution in [2.75, 3.05) is 11.9 Å². The molecule has 1 aromatic carbocycles. The van der Waals surface area contributed by atoms with Crippen LogP contribution in [0.15, 0.2) is 18.2 Å². The second-order valence-corrected chi connectivity index (χ2v) is 5.43. The van der Waals surface area contributed by atoms with Gasteiger partial charge in [-0.15, -0.1) is 0 Å². The Bertz CT molecular complexity index is 429. The number of nitrogens with one attached hydrogen (secondary N) is 2. The van der Waals surface area contributed by atoms with E-state index in [1.807, 2.05) is 25.1 Å². The van der Waals surface area contributed by atoms with E-state index in [0.717, 1.165) is 29.8 Å². The second kappa shape index (κ2) is 8.62. The maximum Gasteiger partial charge on any atom is 0.251 e. The zero-order valence-electron chi connectivity index (χ0n) is 13.3. The van der Waals surface area contributed by atoms with Gasteiger partial charge in [0.25, 0.3) is 5.91 Å². The molecule has 1 rings (SSSR count). The second-order valence-electron chi connectivity index (χ2n) is 5.43. The third-order valence-corrected chi connectivity index (χ3v) is 3.47. The summed E-state index contributed by atoms with van der Waals surface area (Å²) < 4.78 is 0. The maximum atomic E-state index is 12.2. The van der Waals surface area contributed by atoms with E-state index in [9.17, 15) is 4.79 Å². The first kappa shape index (κ1) is 16.5. The molecule has 112 valence electrons. The van der Waals surface area contributed by atoms with Gasteiger partial charge in [0.2, 0.25) is 0 Å². The summed E-state index contributed by atoms with van der Waals surface area (Å²) in [5.74, 6) is 0.0366. The van der Waals surface area contributed by atoms with E-state index >= 15 is 0 Å². The molecule has 20 heavy (non-hydrogen) atoms. The highest BCUT2D eigenvalue weighted by molar-refractivity contribution is 5.96. The van der Waals surface area contributed by atoms with Crippen molar-refractivity contribution >= 4 is 11.6 Å². The summed E-state index contributed by atoms with van der Waals surface area (Å²) in [6, 6.07) is 6.14. The highest BCUT2D eigenvalue weighted by atomic mass is 16.1. The fourth-order valence-electron chi connectivity index (χ4n) is 2.31. The van der Waals surface area contributed by atoms with Crippen LogP contribution in [0.4, 0.5) is 5.69 Å². The number of hydrogen-bond acceptors (Lipinski definition) is 2. The van der Waals surface area contributed by atoms with Crippen LogP contribution < -0.4 is 10.6 Å². The molecule has 0 aliphatic carbocycles. The monoisotopic (exact) mass is 276 g/mol. The Labute approximate surface area is 123 Å². The number of benzene rings is 1. The molecular formula is C17H28N2O. The number of carbonyl (C=O) groups excluding carboxylic acids is 1. The van der Waals surface area contributed by atoms with E-state index in [1.54, 1.807) is 0 Å². The number of aryl methyl sites for hydroxylation is 1. The lowest BCUT2D eigenvalue weighted by molar-refractivity contribution is 0.0937. The lowest BCUT2D eigenvalue weighted by Gasteiger charge is -2.15. The van der Waals surface area contributed by atoms with Gasteiger partial charge in [0.05, 0.1) is 0 Å². The largest absolute Gasteiger partial charge is 0.385 e. The van der Waals surface area contributed by atoms with Crippen molar-refractivity contribution in [1.82, 2.24) is 5.32 Å². The van der Waals surface area contributed by atoms with Crippen molar-refractivity contribution in [3.05, 3.63) is 29.3 Å². The smallest absolute Gasteiger partial charge is 0.251 e. The molecule has 2 N–H and O–H groups in total. The molecule has 1 atom stereocenters. The van der Waals surface area contributed by atoms with Crippen LogP contribution in [-0.2, 0) is 0 Å². The number of amides is 1. The Morgan fingerprint density at radius 3 is 2.60 bits per heavy atom. The van der Waals surface area contributed by atoms with E-state index in [4.69, 9.17) is 0 Å². The first-order valence-electron chi connectivity index (χ1n) is 7.73. The molecule has 0 aliphatic heterocycles. The third kappa shape index (κ3) is 5.24. The summed E-state index contributed by atoms with van der Waals surface area (Å²) in [6.07, 6.45) is 4.67. The highest BCUT2D eigenvalue weighted by Crippen LogP contribution is 2.15. The number of unbranched alkanes of at least 4 members (excludes halogenated alkanes) is 2. The molecule has 0 saturated heterocycles. The maximum absolute atomic E-state index is 12.2. The minimum Gasteiger partial charge on any atom is -0.385 e. The normalized spacial score (nSPS) is 12.0. The summed E-state index contributed by atoms with van der Waals surface area (Å²) in [5, 5.41) is 6.35. The molecule has 1 aromatic rings. The molecule has 0 fully saturated rings. The van der Waals surface area contributed by atoms with Crippen molar-refractivity contribution < 1.29 is 4.79 Å². The van der Waals surface area contributed by atoms with Crippen LogP contribution in [0, 0.1) is 6.92 Å². The first-order chi connectivity index (χ1) is 9.58. The molecule has 0 aromatic heterocycles. The lowest BCUT2D eigenvalue weighted by atomic mass is 10.1. The van der Waals surface area contributed by atoms with E-state index < -0.39 is 0 Å². The summed E-state index contributed by atoms with van der Waals surface area (Å²) in [6.45, 7) is 9.21. The van der Waals surface area contributed by atoms with Gasteiger partial charge in [-0.1, -0.05) is 26.2 Å². The van der Waals surface area contributed by atoms with Gasteiger partial charge >= 0.3 is 0 Å². The van der Waals surface area contributed by atoms with Gasteiger partial charge in [0, 0.05) is 23.8 Å². The van der Waals surface area contributed by atoms with E-state index in [2.05, 4.69) is 31.4 Å². The van der Waals surface area contributed by atoms with Crippen LogP contribution in [-0.4, -0.2) is 18.5 Å².